The van der Waals surface area contributed by atoms with Crippen molar-refractivity contribution in [2.75, 3.05) is 6.54 Å². The Hall–Kier alpha value is -0.930. The van der Waals surface area contributed by atoms with Gasteiger partial charge in [0.25, 0.3) is 0 Å². The summed E-state index contributed by atoms with van der Waals surface area (Å²) in [5.41, 5.74) is 0. The largest absolute Gasteiger partial charge is 0.389 e. The second kappa shape index (κ2) is 6.49. The first-order valence-corrected chi connectivity index (χ1v) is 7.11. The average Bonchev–Trinajstić information content (AvgIpc) is 2.27. The van der Waals surface area contributed by atoms with Gasteiger partial charge in [0.1, 0.15) is 4.90 Å². The van der Waals surface area contributed by atoms with Crippen LogP contribution in [0.25, 0.3) is 0 Å². The first kappa shape index (κ1) is 16.1. The molecule has 0 fully saturated rings. The summed E-state index contributed by atoms with van der Waals surface area (Å²) >= 11 is 5.41. The number of unbranched alkanes of at least 4 members (excludes halogenated alkanes) is 1. The molecule has 0 atom stereocenters. The Bertz CT molecular complexity index is 504. The normalized spacial score (nSPS) is 12.6. The molecule has 0 saturated heterocycles. The third-order valence-corrected chi connectivity index (χ3v) is 3.70. The SMILES string of the molecule is O=S(=O)(NCCCCC(F)(F)F)c1cnc(Cl)nc1. The minimum atomic E-state index is -4.22. The Morgan fingerprint density at radius 3 is 2.32 bits per heavy atom. The van der Waals surface area contributed by atoms with Crippen molar-refractivity contribution in [3.05, 3.63) is 17.7 Å². The predicted octanol–water partition coefficient (Wildman–Crippen LogP) is 2.14. The maximum atomic E-state index is 11.9. The highest BCUT2D eigenvalue weighted by molar-refractivity contribution is 7.89. The smallest absolute Gasteiger partial charge is 0.225 e. The maximum Gasteiger partial charge on any atom is 0.389 e. The second-order valence-corrected chi connectivity index (χ2v) is 5.76. The number of aromatic nitrogens is 2. The third-order valence-electron chi connectivity index (χ3n) is 2.09. The van der Waals surface area contributed by atoms with Crippen molar-refractivity contribution in [1.29, 1.82) is 0 Å². The summed E-state index contributed by atoms with van der Waals surface area (Å²) < 4.78 is 61.0. The molecular weight excluding hydrogens is 307 g/mol. The lowest BCUT2D eigenvalue weighted by Crippen LogP contribution is -2.25. The van der Waals surface area contributed by atoms with Crippen LogP contribution < -0.4 is 4.72 Å². The van der Waals surface area contributed by atoms with E-state index in [4.69, 9.17) is 11.6 Å². The highest BCUT2D eigenvalue weighted by Gasteiger charge is 2.26. The topological polar surface area (TPSA) is 72.0 Å². The summed E-state index contributed by atoms with van der Waals surface area (Å²) in [6.07, 6.45) is -3.15. The molecule has 1 aromatic rings. The van der Waals surface area contributed by atoms with Gasteiger partial charge in [-0.15, -0.1) is 0 Å². The summed E-state index contributed by atoms with van der Waals surface area (Å²) in [5.74, 6) is 0. The van der Waals surface area contributed by atoms with Crippen molar-refractivity contribution in [1.82, 2.24) is 14.7 Å². The number of sulfonamides is 1. The number of nitrogens with zero attached hydrogens (tertiary/aromatic N) is 2. The number of rotatable bonds is 6. The molecule has 0 aliphatic rings. The molecule has 10 heteroatoms. The number of hydrogen-bond donors (Lipinski definition) is 1. The number of halogens is 4. The monoisotopic (exact) mass is 317 g/mol. The lowest BCUT2D eigenvalue weighted by atomic mass is 10.2. The van der Waals surface area contributed by atoms with Gasteiger partial charge in [0.15, 0.2) is 0 Å². The molecule has 108 valence electrons. The lowest BCUT2D eigenvalue weighted by molar-refractivity contribution is -0.135. The molecule has 0 radical (unpaired) electrons. The molecule has 0 aliphatic carbocycles. The highest BCUT2D eigenvalue weighted by atomic mass is 35.5. The Morgan fingerprint density at radius 1 is 1.21 bits per heavy atom. The molecule has 0 bridgehead atoms. The van der Waals surface area contributed by atoms with Crippen LogP contribution in [0, 0.1) is 0 Å². The summed E-state index contributed by atoms with van der Waals surface area (Å²) in [6, 6.07) is 0. The molecular formula is C9H11ClF3N3O2S. The summed E-state index contributed by atoms with van der Waals surface area (Å²) in [5, 5.41) is -0.0934. The van der Waals surface area contributed by atoms with Gasteiger partial charge in [-0.2, -0.15) is 13.2 Å². The lowest BCUT2D eigenvalue weighted by Gasteiger charge is -2.07. The molecule has 0 unspecified atom stereocenters. The fraction of sp³-hybridized carbons (Fsp3) is 0.556. The van der Waals surface area contributed by atoms with Crippen LogP contribution in [0.1, 0.15) is 19.3 Å². The number of alkyl halides is 3. The van der Waals surface area contributed by atoms with Crippen LogP contribution in [-0.2, 0) is 10.0 Å². The van der Waals surface area contributed by atoms with Crippen molar-refractivity contribution in [2.24, 2.45) is 0 Å². The van der Waals surface area contributed by atoms with E-state index in [1.54, 1.807) is 0 Å². The molecule has 1 N–H and O–H groups in total. The third kappa shape index (κ3) is 6.17. The Labute approximate surface area is 113 Å². The standard InChI is InChI=1S/C9H11ClF3N3O2S/c10-8-14-5-7(6-15-8)19(17,18)16-4-2-1-3-9(11,12)13/h5-6,16H,1-4H2. The van der Waals surface area contributed by atoms with E-state index >= 15 is 0 Å². The van der Waals surface area contributed by atoms with Gasteiger partial charge in [0.2, 0.25) is 15.3 Å². The molecule has 1 heterocycles. The first-order valence-electron chi connectivity index (χ1n) is 5.25. The molecule has 19 heavy (non-hydrogen) atoms. The van der Waals surface area contributed by atoms with E-state index in [0.29, 0.717) is 0 Å². The second-order valence-electron chi connectivity index (χ2n) is 3.66. The molecule has 0 amide bonds. The van der Waals surface area contributed by atoms with E-state index < -0.39 is 22.6 Å². The fourth-order valence-electron chi connectivity index (χ4n) is 1.18. The quantitative estimate of drug-likeness (QED) is 0.644. The van der Waals surface area contributed by atoms with Gasteiger partial charge < -0.3 is 0 Å². The van der Waals surface area contributed by atoms with Gasteiger partial charge >= 0.3 is 6.18 Å². The molecule has 1 rings (SSSR count). The van der Waals surface area contributed by atoms with Crippen molar-refractivity contribution in [3.8, 4) is 0 Å². The molecule has 1 aromatic heterocycles. The van der Waals surface area contributed by atoms with Crippen LogP contribution >= 0.6 is 11.6 Å². The minimum Gasteiger partial charge on any atom is -0.225 e. The first-order chi connectivity index (χ1) is 8.71. The van der Waals surface area contributed by atoms with Crippen LogP contribution in [0.3, 0.4) is 0 Å². The Morgan fingerprint density at radius 2 is 1.79 bits per heavy atom. The van der Waals surface area contributed by atoms with Gasteiger partial charge in [0, 0.05) is 13.0 Å². The number of nitrogens with one attached hydrogen (secondary N) is 1. The van der Waals surface area contributed by atoms with E-state index in [9.17, 15) is 21.6 Å². The summed E-state index contributed by atoms with van der Waals surface area (Å²) in [4.78, 5) is 6.83. The van der Waals surface area contributed by atoms with Crippen LogP contribution in [0.2, 0.25) is 5.28 Å². The molecule has 0 spiro atoms. The van der Waals surface area contributed by atoms with Crippen molar-refractivity contribution < 1.29 is 21.6 Å². The van der Waals surface area contributed by atoms with Crippen molar-refractivity contribution in [3.63, 3.8) is 0 Å². The van der Waals surface area contributed by atoms with Gasteiger partial charge in [-0.3, -0.25) is 0 Å². The highest BCUT2D eigenvalue weighted by Crippen LogP contribution is 2.21. The molecule has 5 nitrogen and oxygen atoms in total. The average molecular weight is 318 g/mol. The van der Waals surface area contributed by atoms with E-state index in [2.05, 4.69) is 14.7 Å². The number of hydrogen-bond acceptors (Lipinski definition) is 4. The zero-order valence-electron chi connectivity index (χ0n) is 9.61. The van der Waals surface area contributed by atoms with E-state index in [-0.39, 0.29) is 29.6 Å². The summed E-state index contributed by atoms with van der Waals surface area (Å²) in [6.45, 7) is -0.0823. The molecule has 0 saturated carbocycles. The molecule has 0 aromatic carbocycles. The van der Waals surface area contributed by atoms with Crippen molar-refractivity contribution in [2.45, 2.75) is 30.3 Å². The van der Waals surface area contributed by atoms with E-state index in [1.165, 1.54) is 0 Å². The maximum absolute atomic E-state index is 11.9. The van der Waals surface area contributed by atoms with Crippen LogP contribution in [0.4, 0.5) is 13.2 Å². The van der Waals surface area contributed by atoms with Gasteiger partial charge in [-0.25, -0.2) is 23.1 Å². The van der Waals surface area contributed by atoms with Crippen LogP contribution in [0.5, 0.6) is 0 Å². The summed E-state index contributed by atoms with van der Waals surface area (Å²) in [7, 11) is -3.81. The van der Waals surface area contributed by atoms with Gasteiger partial charge in [0.05, 0.1) is 12.4 Å². The Kier molecular flexibility index (Phi) is 5.50. The van der Waals surface area contributed by atoms with Gasteiger partial charge in [-0.1, -0.05) is 0 Å². The van der Waals surface area contributed by atoms with E-state index in [0.717, 1.165) is 12.4 Å². The molecule has 0 aliphatic heterocycles. The minimum absolute atomic E-state index is 0.0823. The van der Waals surface area contributed by atoms with E-state index in [1.807, 2.05) is 0 Å². The van der Waals surface area contributed by atoms with Gasteiger partial charge in [-0.05, 0) is 24.4 Å². The van der Waals surface area contributed by atoms with Crippen LogP contribution in [0.15, 0.2) is 17.3 Å². The zero-order chi connectivity index (χ0) is 14.5. The van der Waals surface area contributed by atoms with Crippen molar-refractivity contribution >= 4 is 21.6 Å². The van der Waals surface area contributed by atoms with Crippen LogP contribution in [-0.4, -0.2) is 31.1 Å². The fourth-order valence-corrected chi connectivity index (χ4v) is 2.24. The predicted molar refractivity (Wildman–Crippen MR) is 62.1 cm³/mol. The Balaban J connectivity index is 2.42. The zero-order valence-corrected chi connectivity index (χ0v) is 11.2.